The summed E-state index contributed by atoms with van der Waals surface area (Å²) >= 11 is 0. The maximum atomic E-state index is 11.1. The van der Waals surface area contributed by atoms with Crippen molar-refractivity contribution in [1.82, 2.24) is 4.98 Å². The van der Waals surface area contributed by atoms with Crippen molar-refractivity contribution < 1.29 is 14.6 Å². The van der Waals surface area contributed by atoms with Crippen molar-refractivity contribution in [3.05, 3.63) is 52.7 Å². The van der Waals surface area contributed by atoms with E-state index in [2.05, 4.69) is 4.98 Å². The van der Waals surface area contributed by atoms with Crippen LogP contribution in [0.3, 0.4) is 0 Å². The average molecular weight is 268 g/mol. The lowest BCUT2D eigenvalue weighted by molar-refractivity contribution is 0.0695. The Morgan fingerprint density at radius 1 is 1.30 bits per heavy atom. The predicted molar refractivity (Wildman–Crippen MR) is 71.9 cm³/mol. The first-order chi connectivity index (χ1) is 9.52. The molecule has 5 nitrogen and oxygen atoms in total. The Bertz CT molecular complexity index is 718. The molecule has 100 valence electrons. The number of ether oxygens (including phenoxy) is 1. The van der Waals surface area contributed by atoms with Crippen molar-refractivity contribution in [3.8, 4) is 17.7 Å². The van der Waals surface area contributed by atoms with E-state index in [1.807, 2.05) is 6.07 Å². The normalized spacial score (nSPS) is 9.85. The second-order valence-electron chi connectivity index (χ2n) is 4.25. The van der Waals surface area contributed by atoms with E-state index in [0.29, 0.717) is 22.6 Å². The highest BCUT2D eigenvalue weighted by molar-refractivity contribution is 5.90. The number of carboxylic acids is 1. The van der Waals surface area contributed by atoms with E-state index >= 15 is 0 Å². The number of nitrogens with zero attached hydrogens (tertiary/aromatic N) is 2. The molecule has 1 aromatic carbocycles. The molecule has 0 unspecified atom stereocenters. The fraction of sp³-hybridized carbons (Fsp3) is 0.133. The monoisotopic (exact) mass is 268 g/mol. The van der Waals surface area contributed by atoms with E-state index in [1.165, 1.54) is 6.07 Å². The molecule has 0 saturated carbocycles. The standard InChI is InChI=1S/C15H12N2O3/c1-9-6-7-11(8-16)14(17-9)20-13-5-3-4-12(10(13)2)15(18)19/h3-7H,1-2H3,(H,18,19). The van der Waals surface area contributed by atoms with Crippen LogP contribution >= 0.6 is 0 Å². The maximum Gasteiger partial charge on any atom is 0.336 e. The molecule has 1 aromatic heterocycles. The summed E-state index contributed by atoms with van der Waals surface area (Å²) < 4.78 is 5.61. The highest BCUT2D eigenvalue weighted by Gasteiger charge is 2.13. The first-order valence-corrected chi connectivity index (χ1v) is 5.91. The number of benzene rings is 1. The highest BCUT2D eigenvalue weighted by atomic mass is 16.5. The smallest absolute Gasteiger partial charge is 0.336 e. The van der Waals surface area contributed by atoms with E-state index in [4.69, 9.17) is 15.1 Å². The molecule has 1 heterocycles. The summed E-state index contributed by atoms with van der Waals surface area (Å²) in [6, 6.07) is 10.1. The van der Waals surface area contributed by atoms with Gasteiger partial charge in [0.05, 0.1) is 5.56 Å². The molecule has 0 aliphatic carbocycles. The molecule has 0 amide bonds. The molecule has 2 rings (SSSR count). The molecule has 0 aliphatic heterocycles. The number of carboxylic acid groups (broad SMARTS) is 1. The zero-order valence-corrected chi connectivity index (χ0v) is 11.0. The third-order valence-corrected chi connectivity index (χ3v) is 2.84. The van der Waals surface area contributed by atoms with Gasteiger partial charge in [-0.25, -0.2) is 9.78 Å². The van der Waals surface area contributed by atoms with Crippen molar-refractivity contribution in [3.63, 3.8) is 0 Å². The minimum absolute atomic E-state index is 0.161. The molecule has 5 heteroatoms. The molecule has 20 heavy (non-hydrogen) atoms. The molecule has 1 N–H and O–H groups in total. The SMILES string of the molecule is Cc1ccc(C#N)c(Oc2cccc(C(=O)O)c2C)n1. The second-order valence-corrected chi connectivity index (χ2v) is 4.25. The van der Waals surface area contributed by atoms with Gasteiger partial charge in [0.2, 0.25) is 5.88 Å². The number of pyridine rings is 1. The van der Waals surface area contributed by atoms with Gasteiger partial charge < -0.3 is 9.84 Å². The largest absolute Gasteiger partial charge is 0.478 e. The molecule has 0 spiro atoms. The highest BCUT2D eigenvalue weighted by Crippen LogP contribution is 2.28. The Balaban J connectivity index is 2.46. The van der Waals surface area contributed by atoms with Crippen molar-refractivity contribution in [1.29, 1.82) is 5.26 Å². The Morgan fingerprint density at radius 3 is 2.70 bits per heavy atom. The van der Waals surface area contributed by atoms with E-state index in [9.17, 15) is 4.79 Å². The fourth-order valence-electron chi connectivity index (χ4n) is 1.76. The van der Waals surface area contributed by atoms with Crippen molar-refractivity contribution in [2.75, 3.05) is 0 Å². The van der Waals surface area contributed by atoms with E-state index in [1.54, 1.807) is 38.1 Å². The minimum atomic E-state index is -1.02. The number of rotatable bonds is 3. The Hall–Kier alpha value is -2.87. The van der Waals surface area contributed by atoms with Gasteiger partial charge in [-0.05, 0) is 38.1 Å². The van der Waals surface area contributed by atoms with Crippen molar-refractivity contribution in [2.24, 2.45) is 0 Å². The molecule has 0 fully saturated rings. The van der Waals surface area contributed by atoms with Crippen LogP contribution in [-0.4, -0.2) is 16.1 Å². The van der Waals surface area contributed by atoms with E-state index in [0.717, 1.165) is 0 Å². The first-order valence-electron chi connectivity index (χ1n) is 5.91. The summed E-state index contributed by atoms with van der Waals surface area (Å²) in [4.78, 5) is 15.2. The molecule has 0 radical (unpaired) electrons. The molecule has 2 aromatic rings. The molecular formula is C15H12N2O3. The zero-order chi connectivity index (χ0) is 14.7. The van der Waals surface area contributed by atoms with Crippen LogP contribution in [0.25, 0.3) is 0 Å². The molecular weight excluding hydrogens is 256 g/mol. The lowest BCUT2D eigenvalue weighted by Crippen LogP contribution is -2.02. The lowest BCUT2D eigenvalue weighted by atomic mass is 10.1. The number of carbonyl (C=O) groups is 1. The van der Waals surface area contributed by atoms with Gasteiger partial charge in [-0.1, -0.05) is 6.07 Å². The summed E-state index contributed by atoms with van der Waals surface area (Å²) in [6.07, 6.45) is 0. The van der Waals surface area contributed by atoms with Crippen LogP contribution in [0.5, 0.6) is 11.6 Å². The Labute approximate surface area is 116 Å². The van der Waals surface area contributed by atoms with Crippen LogP contribution < -0.4 is 4.74 Å². The van der Waals surface area contributed by atoms with Gasteiger partial charge >= 0.3 is 5.97 Å². The maximum absolute atomic E-state index is 11.1. The summed E-state index contributed by atoms with van der Waals surface area (Å²) in [7, 11) is 0. The third-order valence-electron chi connectivity index (χ3n) is 2.84. The van der Waals surface area contributed by atoms with Crippen molar-refractivity contribution >= 4 is 5.97 Å². The lowest BCUT2D eigenvalue weighted by Gasteiger charge is -2.11. The first kappa shape index (κ1) is 13.6. The second kappa shape index (κ2) is 5.41. The van der Waals surface area contributed by atoms with Gasteiger partial charge in [-0.2, -0.15) is 5.26 Å². The zero-order valence-electron chi connectivity index (χ0n) is 11.0. The number of aryl methyl sites for hydroxylation is 1. The van der Waals surface area contributed by atoms with E-state index in [-0.39, 0.29) is 11.4 Å². The van der Waals surface area contributed by atoms with Gasteiger partial charge in [0.25, 0.3) is 0 Å². The molecule has 0 atom stereocenters. The van der Waals surface area contributed by atoms with Crippen LogP contribution in [0.1, 0.15) is 27.2 Å². The third kappa shape index (κ3) is 2.59. The topological polar surface area (TPSA) is 83.2 Å². The predicted octanol–water partition coefficient (Wildman–Crippen LogP) is 3.06. The van der Waals surface area contributed by atoms with Crippen LogP contribution in [0.2, 0.25) is 0 Å². The summed E-state index contributed by atoms with van der Waals surface area (Å²) in [6.45, 7) is 3.44. The molecule has 0 saturated heterocycles. The Kier molecular flexibility index (Phi) is 3.67. The van der Waals surface area contributed by atoms with Gasteiger partial charge in [-0.3, -0.25) is 0 Å². The minimum Gasteiger partial charge on any atom is -0.478 e. The molecule has 0 aliphatic rings. The van der Waals surface area contributed by atoms with Gasteiger partial charge in [-0.15, -0.1) is 0 Å². The van der Waals surface area contributed by atoms with Crippen LogP contribution in [0.15, 0.2) is 30.3 Å². The van der Waals surface area contributed by atoms with Crippen LogP contribution in [-0.2, 0) is 0 Å². The fourth-order valence-corrected chi connectivity index (χ4v) is 1.76. The van der Waals surface area contributed by atoms with Gasteiger partial charge in [0.15, 0.2) is 0 Å². The number of aromatic carboxylic acids is 1. The van der Waals surface area contributed by atoms with Crippen LogP contribution in [0.4, 0.5) is 0 Å². The van der Waals surface area contributed by atoms with E-state index < -0.39 is 5.97 Å². The quantitative estimate of drug-likeness (QED) is 0.924. The number of nitriles is 1. The van der Waals surface area contributed by atoms with Crippen molar-refractivity contribution in [2.45, 2.75) is 13.8 Å². The average Bonchev–Trinajstić information content (AvgIpc) is 2.41. The summed E-state index contributed by atoms with van der Waals surface area (Å²) in [5, 5.41) is 18.1. The number of hydrogen-bond donors (Lipinski definition) is 1. The van der Waals surface area contributed by atoms with Gasteiger partial charge in [0, 0.05) is 11.3 Å². The Morgan fingerprint density at radius 2 is 2.05 bits per heavy atom. The summed E-state index contributed by atoms with van der Waals surface area (Å²) in [5.41, 5.74) is 1.67. The number of hydrogen-bond acceptors (Lipinski definition) is 4. The van der Waals surface area contributed by atoms with Gasteiger partial charge in [0.1, 0.15) is 17.4 Å². The number of aromatic nitrogens is 1. The summed E-state index contributed by atoms with van der Waals surface area (Å²) in [5.74, 6) is -0.469. The molecule has 0 bridgehead atoms. The van der Waals surface area contributed by atoms with Crippen LogP contribution in [0, 0.1) is 25.2 Å².